The van der Waals surface area contributed by atoms with Gasteiger partial charge in [0.2, 0.25) is 10.0 Å². The molecule has 0 saturated heterocycles. The molecule has 10 heteroatoms. The van der Waals surface area contributed by atoms with Crippen molar-refractivity contribution in [2.45, 2.75) is 18.0 Å². The van der Waals surface area contributed by atoms with Crippen molar-refractivity contribution in [2.24, 2.45) is 5.14 Å². The van der Waals surface area contributed by atoms with Crippen LogP contribution >= 0.6 is 0 Å². The Morgan fingerprint density at radius 1 is 1.35 bits per heavy atom. The van der Waals surface area contributed by atoms with Crippen molar-refractivity contribution >= 4 is 10.0 Å². The van der Waals surface area contributed by atoms with Crippen molar-refractivity contribution in [3.8, 4) is 5.82 Å². The molecule has 20 heavy (non-hydrogen) atoms. The van der Waals surface area contributed by atoms with Gasteiger partial charge in [0.05, 0.1) is 17.5 Å². The van der Waals surface area contributed by atoms with E-state index in [2.05, 4.69) is 10.1 Å². The van der Waals surface area contributed by atoms with E-state index in [-0.39, 0.29) is 16.4 Å². The molecule has 108 valence electrons. The second-order valence-corrected chi connectivity index (χ2v) is 5.48. The summed E-state index contributed by atoms with van der Waals surface area (Å²) in [6.45, 7) is 1.37. The van der Waals surface area contributed by atoms with Gasteiger partial charge in [0.25, 0.3) is 0 Å². The lowest BCUT2D eigenvalue weighted by atomic mass is 10.2. The summed E-state index contributed by atoms with van der Waals surface area (Å²) in [5.41, 5.74) is -0.825. The van der Waals surface area contributed by atoms with Crippen LogP contribution in [-0.2, 0) is 16.2 Å². The molecule has 2 aromatic rings. The van der Waals surface area contributed by atoms with Crippen LogP contribution in [0.15, 0.2) is 29.4 Å². The first kappa shape index (κ1) is 14.5. The molecular weight excluding hydrogens is 297 g/mol. The number of nitrogens with two attached hydrogens (primary N) is 1. The second kappa shape index (κ2) is 4.56. The molecule has 0 atom stereocenters. The van der Waals surface area contributed by atoms with Crippen LogP contribution < -0.4 is 5.14 Å². The van der Waals surface area contributed by atoms with Gasteiger partial charge in [-0.05, 0) is 19.1 Å². The number of pyridine rings is 1. The van der Waals surface area contributed by atoms with Crippen LogP contribution in [0.1, 0.15) is 11.3 Å². The Labute approximate surface area is 112 Å². The molecule has 0 aliphatic heterocycles. The number of sulfonamides is 1. The van der Waals surface area contributed by atoms with Crippen LogP contribution in [0.5, 0.6) is 0 Å². The number of halogens is 3. The highest BCUT2D eigenvalue weighted by atomic mass is 32.2. The van der Waals surface area contributed by atoms with E-state index >= 15 is 0 Å². The third-order valence-electron chi connectivity index (χ3n) is 2.56. The van der Waals surface area contributed by atoms with Gasteiger partial charge in [0.1, 0.15) is 4.90 Å². The van der Waals surface area contributed by atoms with Crippen LogP contribution in [0.25, 0.3) is 5.82 Å². The van der Waals surface area contributed by atoms with E-state index in [4.69, 9.17) is 5.14 Å². The van der Waals surface area contributed by atoms with E-state index in [9.17, 15) is 21.6 Å². The fraction of sp³-hybridized carbons (Fsp3) is 0.200. The Morgan fingerprint density at radius 2 is 2.00 bits per heavy atom. The number of nitrogens with zero attached hydrogens (tertiary/aromatic N) is 3. The summed E-state index contributed by atoms with van der Waals surface area (Å²) in [6.07, 6.45) is -2.59. The average molecular weight is 306 g/mol. The van der Waals surface area contributed by atoms with Gasteiger partial charge in [0, 0.05) is 6.20 Å². The largest absolute Gasteiger partial charge is 0.416 e. The van der Waals surface area contributed by atoms with Crippen LogP contribution in [0.3, 0.4) is 0 Å². The smallest absolute Gasteiger partial charge is 0.237 e. The van der Waals surface area contributed by atoms with Gasteiger partial charge >= 0.3 is 6.18 Å². The second-order valence-electron chi connectivity index (χ2n) is 3.95. The molecule has 2 N–H and O–H groups in total. The van der Waals surface area contributed by atoms with E-state index in [0.29, 0.717) is 0 Å². The molecule has 2 rings (SSSR count). The lowest BCUT2D eigenvalue weighted by Gasteiger charge is -2.09. The predicted molar refractivity (Wildman–Crippen MR) is 62.5 cm³/mol. The summed E-state index contributed by atoms with van der Waals surface area (Å²) in [4.78, 5) is 3.48. The maximum absolute atomic E-state index is 12.6. The monoisotopic (exact) mass is 306 g/mol. The standard InChI is InChI=1S/C10H9F3N4O2S/c1-6-8(20(14,18)19)5-16-17(6)9-4-7(2-3-15-9)10(11,12)13/h2-5H,1H3,(H2,14,18,19). The lowest BCUT2D eigenvalue weighted by Crippen LogP contribution is -2.13. The molecule has 2 aromatic heterocycles. The van der Waals surface area contributed by atoms with Crippen molar-refractivity contribution in [3.63, 3.8) is 0 Å². The molecule has 0 spiro atoms. The molecule has 6 nitrogen and oxygen atoms in total. The zero-order chi connectivity index (χ0) is 15.1. The minimum absolute atomic E-state index is 0.0827. The van der Waals surface area contributed by atoms with Gasteiger partial charge in [-0.25, -0.2) is 23.2 Å². The predicted octanol–water partition coefficient (Wildman–Crippen LogP) is 1.24. The van der Waals surface area contributed by atoms with Crippen molar-refractivity contribution in [2.75, 3.05) is 0 Å². The van der Waals surface area contributed by atoms with Gasteiger partial charge < -0.3 is 0 Å². The van der Waals surface area contributed by atoms with Crippen LogP contribution in [0, 0.1) is 6.92 Å². The Bertz CT molecular complexity index is 752. The molecule has 0 amide bonds. The SMILES string of the molecule is Cc1c(S(N)(=O)=O)cnn1-c1cc(C(F)(F)F)ccn1. The van der Waals surface area contributed by atoms with E-state index in [1.165, 1.54) is 6.92 Å². The van der Waals surface area contributed by atoms with Gasteiger partial charge in [-0.2, -0.15) is 18.3 Å². The number of aromatic nitrogens is 3. The molecule has 0 saturated carbocycles. The molecule has 2 heterocycles. The van der Waals surface area contributed by atoms with Crippen molar-refractivity contribution in [3.05, 3.63) is 35.8 Å². The normalized spacial score (nSPS) is 12.7. The molecule has 0 bridgehead atoms. The van der Waals surface area contributed by atoms with Crippen molar-refractivity contribution in [1.82, 2.24) is 14.8 Å². The van der Waals surface area contributed by atoms with Gasteiger partial charge in [-0.15, -0.1) is 0 Å². The number of hydrogen-bond donors (Lipinski definition) is 1. The molecule has 0 unspecified atom stereocenters. The van der Waals surface area contributed by atoms with Crippen LogP contribution in [0.4, 0.5) is 13.2 Å². The van der Waals surface area contributed by atoms with Crippen molar-refractivity contribution < 1.29 is 21.6 Å². The number of primary sulfonamides is 1. The van der Waals surface area contributed by atoms with Crippen LogP contribution in [0.2, 0.25) is 0 Å². The van der Waals surface area contributed by atoms with E-state index < -0.39 is 21.8 Å². The Morgan fingerprint density at radius 3 is 2.50 bits per heavy atom. The number of alkyl halides is 3. The summed E-state index contributed by atoms with van der Waals surface area (Å²) < 4.78 is 61.3. The molecule has 0 aliphatic carbocycles. The van der Waals surface area contributed by atoms with Gasteiger partial charge in [-0.3, -0.25) is 0 Å². The maximum atomic E-state index is 12.6. The summed E-state index contributed by atoms with van der Waals surface area (Å²) in [6, 6.07) is 1.58. The Balaban J connectivity index is 2.57. The number of hydrogen-bond acceptors (Lipinski definition) is 4. The van der Waals surface area contributed by atoms with Crippen LogP contribution in [-0.4, -0.2) is 23.2 Å². The molecule has 0 radical (unpaired) electrons. The summed E-state index contributed by atoms with van der Waals surface area (Å²) in [7, 11) is -3.99. The van der Waals surface area contributed by atoms with E-state index in [1.54, 1.807) is 0 Å². The highest BCUT2D eigenvalue weighted by Crippen LogP contribution is 2.30. The molecule has 0 aliphatic rings. The van der Waals surface area contributed by atoms with Crippen molar-refractivity contribution in [1.29, 1.82) is 0 Å². The Hall–Kier alpha value is -1.94. The highest BCUT2D eigenvalue weighted by Gasteiger charge is 2.31. The summed E-state index contributed by atoms with van der Waals surface area (Å²) in [5, 5.41) is 8.67. The lowest BCUT2D eigenvalue weighted by molar-refractivity contribution is -0.137. The fourth-order valence-corrected chi connectivity index (χ4v) is 2.31. The summed E-state index contributed by atoms with van der Waals surface area (Å²) >= 11 is 0. The fourth-order valence-electron chi connectivity index (χ4n) is 1.62. The molecule has 0 fully saturated rings. The number of rotatable bonds is 2. The first-order chi connectivity index (χ1) is 9.10. The van der Waals surface area contributed by atoms with E-state index in [1.807, 2.05) is 0 Å². The third-order valence-corrected chi connectivity index (χ3v) is 3.57. The molecular formula is C10H9F3N4O2S. The molecule has 0 aromatic carbocycles. The van der Waals surface area contributed by atoms with E-state index in [0.717, 1.165) is 29.2 Å². The zero-order valence-corrected chi connectivity index (χ0v) is 10.9. The Kier molecular flexibility index (Phi) is 3.30. The van der Waals surface area contributed by atoms with Gasteiger partial charge in [-0.1, -0.05) is 0 Å². The topological polar surface area (TPSA) is 90.9 Å². The summed E-state index contributed by atoms with van der Waals surface area (Å²) in [5.74, 6) is -0.146. The minimum Gasteiger partial charge on any atom is -0.237 e. The van der Waals surface area contributed by atoms with Gasteiger partial charge in [0.15, 0.2) is 5.82 Å². The average Bonchev–Trinajstić information content (AvgIpc) is 2.70. The third kappa shape index (κ3) is 2.65. The minimum atomic E-state index is -4.53. The maximum Gasteiger partial charge on any atom is 0.416 e. The zero-order valence-electron chi connectivity index (χ0n) is 10.1. The first-order valence-corrected chi connectivity index (χ1v) is 6.76. The first-order valence-electron chi connectivity index (χ1n) is 5.22. The quantitative estimate of drug-likeness (QED) is 0.903. The highest BCUT2D eigenvalue weighted by molar-refractivity contribution is 7.89.